The molecule has 7 heteroatoms. The van der Waals surface area contributed by atoms with E-state index in [1.165, 1.54) is 0 Å². The molecular weight excluding hydrogens is 439 g/mol. The van der Waals surface area contributed by atoms with Crippen molar-refractivity contribution in [3.8, 4) is 11.5 Å². The van der Waals surface area contributed by atoms with Crippen LogP contribution in [0.1, 0.15) is 38.8 Å². The van der Waals surface area contributed by atoms with Crippen LogP contribution in [-0.2, 0) is 19.6 Å². The Bertz CT molecular complexity index is 899. The Morgan fingerprint density at radius 3 is 2.10 bits per heavy atom. The van der Waals surface area contributed by atoms with Gasteiger partial charge in [0.2, 0.25) is 0 Å². The number of rotatable bonds is 8. The van der Waals surface area contributed by atoms with Gasteiger partial charge in [0, 0.05) is 5.41 Å². The molecule has 2 aromatic rings. The average molecular weight is 467 g/mol. The summed E-state index contributed by atoms with van der Waals surface area (Å²) in [7, 11) is 0. The largest absolute Gasteiger partial charge is 0.491 e. The van der Waals surface area contributed by atoms with Crippen LogP contribution in [0.2, 0.25) is 10.0 Å². The number of halogens is 2. The Hall–Kier alpha value is -1.50. The molecule has 0 bridgehead atoms. The topological polar surface area (TPSA) is 49.5 Å². The van der Waals surface area contributed by atoms with E-state index in [1.807, 2.05) is 38.1 Å². The molecule has 4 rings (SSSR count). The molecule has 2 aliphatic rings. The molecular formula is C24H28Cl2O5. The van der Waals surface area contributed by atoms with Gasteiger partial charge < -0.3 is 23.7 Å². The lowest BCUT2D eigenvalue weighted by molar-refractivity contribution is -0.141. The monoisotopic (exact) mass is 466 g/mol. The molecule has 0 amide bonds. The fraction of sp³-hybridized carbons (Fsp3) is 0.500. The zero-order valence-corrected chi connectivity index (χ0v) is 19.8. The SMILES string of the molecule is CC1(C)OCC(COc2ccc(C(C)(C)c3cc(Cl)c(OCC4CO4)c(Cl)c3)cc2)O1. The van der Waals surface area contributed by atoms with Crippen molar-refractivity contribution in [1.29, 1.82) is 0 Å². The van der Waals surface area contributed by atoms with Gasteiger partial charge in [0.1, 0.15) is 31.2 Å². The fourth-order valence-electron chi connectivity index (χ4n) is 3.57. The predicted octanol–water partition coefficient (Wildman–Crippen LogP) is 5.63. The van der Waals surface area contributed by atoms with Gasteiger partial charge in [-0.3, -0.25) is 0 Å². The minimum absolute atomic E-state index is 0.0670. The highest BCUT2D eigenvalue weighted by Gasteiger charge is 2.33. The van der Waals surface area contributed by atoms with Crippen molar-refractivity contribution in [2.45, 2.75) is 51.1 Å². The van der Waals surface area contributed by atoms with Crippen molar-refractivity contribution in [3.63, 3.8) is 0 Å². The molecule has 0 spiro atoms. The molecule has 0 radical (unpaired) electrons. The van der Waals surface area contributed by atoms with E-state index in [0.29, 0.717) is 35.6 Å². The van der Waals surface area contributed by atoms with Crippen molar-refractivity contribution >= 4 is 23.2 Å². The van der Waals surface area contributed by atoms with Crippen LogP contribution < -0.4 is 9.47 Å². The molecule has 2 atom stereocenters. The standard InChI is InChI=1S/C24H28Cl2O5/c1-23(2,16-9-20(25)22(21(26)10-16)29-12-18-11-28-18)15-5-7-17(8-6-15)27-13-19-14-30-24(3,4)31-19/h5-10,18-19H,11-14H2,1-4H3. The van der Waals surface area contributed by atoms with Crippen LogP contribution in [0.4, 0.5) is 0 Å². The molecule has 5 nitrogen and oxygen atoms in total. The molecule has 0 aliphatic carbocycles. The minimum atomic E-state index is -0.545. The molecule has 2 aliphatic heterocycles. The van der Waals surface area contributed by atoms with Crippen molar-refractivity contribution in [3.05, 3.63) is 57.6 Å². The third-order valence-electron chi connectivity index (χ3n) is 5.62. The number of hydrogen-bond acceptors (Lipinski definition) is 5. The maximum atomic E-state index is 6.49. The third kappa shape index (κ3) is 5.47. The van der Waals surface area contributed by atoms with Gasteiger partial charge in [-0.25, -0.2) is 0 Å². The quantitative estimate of drug-likeness (QED) is 0.472. The van der Waals surface area contributed by atoms with Crippen LogP contribution in [-0.4, -0.2) is 44.4 Å². The number of epoxide rings is 1. The molecule has 2 fully saturated rings. The zero-order chi connectivity index (χ0) is 22.2. The molecule has 2 aromatic carbocycles. The van der Waals surface area contributed by atoms with E-state index in [4.69, 9.17) is 46.9 Å². The summed E-state index contributed by atoms with van der Waals surface area (Å²) in [5.74, 6) is 0.745. The average Bonchev–Trinajstić information content (AvgIpc) is 3.47. The highest BCUT2D eigenvalue weighted by atomic mass is 35.5. The highest BCUT2D eigenvalue weighted by molar-refractivity contribution is 6.37. The van der Waals surface area contributed by atoms with Crippen molar-refractivity contribution < 1.29 is 23.7 Å². The summed E-state index contributed by atoms with van der Waals surface area (Å²) < 4.78 is 28.2. The van der Waals surface area contributed by atoms with Crippen LogP contribution in [0.15, 0.2) is 36.4 Å². The molecule has 0 aromatic heterocycles. The van der Waals surface area contributed by atoms with E-state index in [2.05, 4.69) is 26.0 Å². The van der Waals surface area contributed by atoms with Crippen LogP contribution in [0.5, 0.6) is 11.5 Å². The van der Waals surface area contributed by atoms with Gasteiger partial charge in [-0.15, -0.1) is 0 Å². The van der Waals surface area contributed by atoms with Crippen LogP contribution in [0.25, 0.3) is 0 Å². The summed E-state index contributed by atoms with van der Waals surface area (Å²) in [4.78, 5) is 0. The van der Waals surface area contributed by atoms with E-state index in [-0.39, 0.29) is 17.6 Å². The first-order chi connectivity index (χ1) is 14.6. The summed E-state index contributed by atoms with van der Waals surface area (Å²) in [5.41, 5.74) is 1.81. The van der Waals surface area contributed by atoms with Gasteiger partial charge in [0.15, 0.2) is 11.5 Å². The second kappa shape index (κ2) is 8.80. The van der Waals surface area contributed by atoms with Gasteiger partial charge in [0.05, 0.1) is 23.3 Å². The first-order valence-electron chi connectivity index (χ1n) is 10.4. The van der Waals surface area contributed by atoms with Crippen molar-refractivity contribution in [2.75, 3.05) is 26.4 Å². The second-order valence-corrected chi connectivity index (χ2v) is 9.76. The molecule has 2 heterocycles. The smallest absolute Gasteiger partial charge is 0.163 e. The Morgan fingerprint density at radius 2 is 1.55 bits per heavy atom. The first kappa shape index (κ1) is 22.7. The van der Waals surface area contributed by atoms with Gasteiger partial charge >= 0.3 is 0 Å². The minimum Gasteiger partial charge on any atom is -0.491 e. The van der Waals surface area contributed by atoms with Crippen molar-refractivity contribution in [1.82, 2.24) is 0 Å². The summed E-state index contributed by atoms with van der Waals surface area (Å²) >= 11 is 13.0. The van der Waals surface area contributed by atoms with E-state index < -0.39 is 5.79 Å². The lowest BCUT2D eigenvalue weighted by atomic mass is 9.78. The Balaban J connectivity index is 1.43. The van der Waals surface area contributed by atoms with Gasteiger partial charge in [-0.1, -0.05) is 49.2 Å². The Labute approximate surface area is 193 Å². The van der Waals surface area contributed by atoms with Crippen LogP contribution in [0.3, 0.4) is 0 Å². The maximum Gasteiger partial charge on any atom is 0.163 e. The maximum absolute atomic E-state index is 6.49. The lowest BCUT2D eigenvalue weighted by Gasteiger charge is -2.27. The van der Waals surface area contributed by atoms with Gasteiger partial charge in [0.25, 0.3) is 0 Å². The van der Waals surface area contributed by atoms with Crippen molar-refractivity contribution in [2.24, 2.45) is 0 Å². The summed E-state index contributed by atoms with van der Waals surface area (Å²) in [6.45, 7) is 10.2. The lowest BCUT2D eigenvalue weighted by Crippen LogP contribution is -2.25. The summed E-state index contributed by atoms with van der Waals surface area (Å²) in [6, 6.07) is 11.9. The van der Waals surface area contributed by atoms with Gasteiger partial charge in [-0.2, -0.15) is 0 Å². The van der Waals surface area contributed by atoms with Crippen LogP contribution in [0, 0.1) is 0 Å². The van der Waals surface area contributed by atoms with E-state index in [0.717, 1.165) is 23.5 Å². The fourth-order valence-corrected chi connectivity index (χ4v) is 4.16. The molecule has 31 heavy (non-hydrogen) atoms. The summed E-state index contributed by atoms with van der Waals surface area (Å²) in [5, 5.41) is 0.996. The molecule has 2 saturated heterocycles. The first-order valence-corrected chi connectivity index (χ1v) is 11.2. The molecule has 0 saturated carbocycles. The highest BCUT2D eigenvalue weighted by Crippen LogP contribution is 2.41. The van der Waals surface area contributed by atoms with Crippen LogP contribution >= 0.6 is 23.2 Å². The molecule has 0 N–H and O–H groups in total. The molecule has 168 valence electrons. The number of benzene rings is 2. The number of ether oxygens (including phenoxy) is 5. The Morgan fingerprint density at radius 1 is 0.935 bits per heavy atom. The second-order valence-electron chi connectivity index (χ2n) is 8.95. The van der Waals surface area contributed by atoms with Gasteiger partial charge in [-0.05, 0) is 49.2 Å². The van der Waals surface area contributed by atoms with E-state index >= 15 is 0 Å². The predicted molar refractivity (Wildman–Crippen MR) is 121 cm³/mol. The van der Waals surface area contributed by atoms with E-state index in [1.54, 1.807) is 0 Å². The normalized spacial score (nSPS) is 22.4. The van der Waals surface area contributed by atoms with E-state index in [9.17, 15) is 0 Å². The third-order valence-corrected chi connectivity index (χ3v) is 6.18. The molecule has 2 unspecified atom stereocenters. The Kier molecular flexibility index (Phi) is 6.44. The summed E-state index contributed by atoms with van der Waals surface area (Å²) in [6.07, 6.45) is 0.0749. The zero-order valence-electron chi connectivity index (χ0n) is 18.2. The number of hydrogen-bond donors (Lipinski definition) is 0.